The molecule has 15 heteroatoms. The van der Waals surface area contributed by atoms with E-state index >= 15 is 0 Å². The van der Waals surface area contributed by atoms with Crippen LogP contribution in [-0.4, -0.2) is 69.3 Å². The van der Waals surface area contributed by atoms with Gasteiger partial charge >= 0.3 is 7.82 Å². The van der Waals surface area contributed by atoms with Crippen LogP contribution in [0.15, 0.2) is 36.7 Å². The Morgan fingerprint density at radius 3 is 2.27 bits per heavy atom. The zero-order valence-electron chi connectivity index (χ0n) is 33.3. The molecule has 0 aliphatic carbocycles. The first-order valence-corrected chi connectivity index (χ1v) is 21.9. The highest BCUT2D eigenvalue weighted by molar-refractivity contribution is 7.47. The summed E-state index contributed by atoms with van der Waals surface area (Å²) < 4.78 is 57.0. The number of benzene rings is 1. The molecule has 4 rings (SSSR count). The Bertz CT molecular complexity index is 1710. The van der Waals surface area contributed by atoms with Crippen LogP contribution in [0.25, 0.3) is 5.52 Å². The molecule has 1 aromatic carbocycles. The lowest BCUT2D eigenvalue weighted by atomic mass is 9.90. The zero-order chi connectivity index (χ0) is 40.3. The van der Waals surface area contributed by atoms with Gasteiger partial charge in [0, 0.05) is 13.0 Å². The van der Waals surface area contributed by atoms with E-state index in [2.05, 4.69) is 17.0 Å². The molecule has 0 spiro atoms. The van der Waals surface area contributed by atoms with Crippen LogP contribution in [0.2, 0.25) is 0 Å². The number of nitrogens with two attached hydrogens (primary N) is 1. The molecule has 0 saturated carbocycles. The number of hydrogen-bond donors (Lipinski definition) is 3. The fourth-order valence-electron chi connectivity index (χ4n) is 7.13. The minimum atomic E-state index is -4.63. The SMILES string of the molecule is CCCCCCCCCCCCCCCCCCOC[C@@H](COP(=O)(O)OC[C@]1(C)C[C@@](O)(c2ccc3c(N)ncnn23)CO1)OCc1cc(F)cc(C#N)c1. The number of nitriles is 1. The Morgan fingerprint density at radius 1 is 0.982 bits per heavy atom. The number of nitrogen functional groups attached to an aromatic ring is 1. The van der Waals surface area contributed by atoms with Gasteiger partial charge in [-0.05, 0) is 49.2 Å². The largest absolute Gasteiger partial charge is 0.472 e. The predicted molar refractivity (Wildman–Crippen MR) is 212 cm³/mol. The fraction of sp³-hybridized carbons (Fsp3) is 0.683. The number of anilines is 1. The number of halogens is 1. The summed E-state index contributed by atoms with van der Waals surface area (Å²) >= 11 is 0. The van der Waals surface area contributed by atoms with Crippen molar-refractivity contribution in [3.05, 3.63) is 59.3 Å². The lowest BCUT2D eigenvalue weighted by Gasteiger charge is -2.26. The predicted octanol–water partition coefficient (Wildman–Crippen LogP) is 8.69. The number of nitrogens with zero attached hydrogens (tertiary/aromatic N) is 4. The van der Waals surface area contributed by atoms with Gasteiger partial charge in [0.1, 0.15) is 29.4 Å². The van der Waals surface area contributed by atoms with Gasteiger partial charge in [0.15, 0.2) is 5.82 Å². The summed E-state index contributed by atoms with van der Waals surface area (Å²) in [7, 11) is -4.63. The summed E-state index contributed by atoms with van der Waals surface area (Å²) in [6.45, 7) is 3.57. The number of aromatic nitrogens is 3. The van der Waals surface area contributed by atoms with Gasteiger partial charge in [-0.3, -0.25) is 9.05 Å². The van der Waals surface area contributed by atoms with Crippen molar-refractivity contribution in [1.82, 2.24) is 14.6 Å². The van der Waals surface area contributed by atoms with Gasteiger partial charge in [-0.15, -0.1) is 0 Å². The summed E-state index contributed by atoms with van der Waals surface area (Å²) in [4.78, 5) is 14.6. The molecule has 1 saturated heterocycles. The van der Waals surface area contributed by atoms with E-state index in [0.29, 0.717) is 23.4 Å². The second kappa shape index (κ2) is 23.4. The number of rotatable bonds is 29. The lowest BCUT2D eigenvalue weighted by Crippen LogP contribution is -2.34. The van der Waals surface area contributed by atoms with Gasteiger partial charge < -0.3 is 29.9 Å². The summed E-state index contributed by atoms with van der Waals surface area (Å²) in [5.41, 5.74) is 4.88. The van der Waals surface area contributed by atoms with Gasteiger partial charge in [0.05, 0.1) is 56.0 Å². The van der Waals surface area contributed by atoms with Gasteiger partial charge in [-0.25, -0.2) is 18.5 Å². The number of phosphoric ester groups is 1. The van der Waals surface area contributed by atoms with E-state index in [-0.39, 0.29) is 50.8 Å². The first-order chi connectivity index (χ1) is 27.0. The first-order valence-electron chi connectivity index (χ1n) is 20.4. The first kappa shape index (κ1) is 45.7. The molecule has 1 fully saturated rings. The van der Waals surface area contributed by atoms with Crippen LogP contribution in [-0.2, 0) is 40.0 Å². The van der Waals surface area contributed by atoms with Gasteiger partial charge in [-0.1, -0.05) is 103 Å². The van der Waals surface area contributed by atoms with Crippen LogP contribution in [0.3, 0.4) is 0 Å². The molecule has 13 nitrogen and oxygen atoms in total. The van der Waals surface area contributed by atoms with E-state index < -0.39 is 30.9 Å². The number of ether oxygens (including phenoxy) is 3. The van der Waals surface area contributed by atoms with Crippen LogP contribution >= 0.6 is 7.82 Å². The van der Waals surface area contributed by atoms with E-state index in [1.165, 1.54) is 106 Å². The summed E-state index contributed by atoms with van der Waals surface area (Å²) in [6, 6.07) is 9.21. The maximum Gasteiger partial charge on any atom is 0.472 e. The molecule has 4 N–H and O–H groups in total. The van der Waals surface area contributed by atoms with E-state index in [4.69, 9.17) is 29.0 Å². The summed E-state index contributed by atoms with van der Waals surface area (Å²) in [5, 5.41) is 24.9. The van der Waals surface area contributed by atoms with Crippen LogP contribution in [0.4, 0.5) is 10.2 Å². The van der Waals surface area contributed by atoms with Crippen LogP contribution in [0.1, 0.15) is 140 Å². The number of fused-ring (bicyclic) bond motifs is 1. The smallest absolute Gasteiger partial charge is 0.382 e. The Labute approximate surface area is 331 Å². The second-order valence-electron chi connectivity index (χ2n) is 15.4. The molecule has 2 aromatic heterocycles. The number of aliphatic hydroxyl groups is 1. The van der Waals surface area contributed by atoms with Crippen molar-refractivity contribution >= 4 is 19.2 Å². The highest BCUT2D eigenvalue weighted by Gasteiger charge is 2.49. The molecule has 1 aliphatic heterocycles. The average Bonchev–Trinajstić information content (AvgIpc) is 3.76. The third kappa shape index (κ3) is 15.4. The standard InChI is InChI=1S/C41H63FN5O8P/c1-3-4-5-6-7-8-9-10-11-12-13-14-15-16-17-18-21-51-27-36(52-26-34-22-33(25-43)23-35(42)24-34)28-54-56(49,50)55-30-40(2)29-41(48,31-53-40)38-20-19-37-39(44)45-32-46-47(37)38/h19-20,22-24,32,36,48H,3-18,21,26-31H2,1-2H3,(H,49,50)(H2,44,45,46)/t36-,40-,41-/m0/s1. The van der Waals surface area contributed by atoms with E-state index in [0.717, 1.165) is 25.3 Å². The quantitative estimate of drug-likeness (QED) is 0.0449. The van der Waals surface area contributed by atoms with Gasteiger partial charge in [0.2, 0.25) is 0 Å². The van der Waals surface area contributed by atoms with E-state index in [1.54, 1.807) is 19.1 Å². The normalized spacial score (nSPS) is 20.0. The molecular weight excluding hydrogens is 740 g/mol. The zero-order valence-corrected chi connectivity index (χ0v) is 34.2. The van der Waals surface area contributed by atoms with Crippen molar-refractivity contribution in [1.29, 1.82) is 5.26 Å². The molecule has 3 aromatic rings. The number of hydrogen-bond acceptors (Lipinski definition) is 11. The average molecular weight is 804 g/mol. The lowest BCUT2D eigenvalue weighted by molar-refractivity contribution is -0.0573. The molecule has 1 aliphatic rings. The molecule has 3 heterocycles. The fourth-order valence-corrected chi connectivity index (χ4v) is 8.00. The molecular formula is C41H63FN5O8P. The van der Waals surface area contributed by atoms with Crippen molar-refractivity contribution in [2.24, 2.45) is 0 Å². The highest BCUT2D eigenvalue weighted by Crippen LogP contribution is 2.47. The minimum absolute atomic E-state index is 0.0350. The topological polar surface area (TPSA) is 184 Å². The molecule has 0 bridgehead atoms. The molecule has 0 amide bonds. The Kier molecular flexibility index (Phi) is 19.1. The van der Waals surface area contributed by atoms with Crippen LogP contribution in [0, 0.1) is 17.1 Å². The molecule has 312 valence electrons. The van der Waals surface area contributed by atoms with Crippen molar-refractivity contribution in [2.45, 2.75) is 147 Å². The highest BCUT2D eigenvalue weighted by atomic mass is 31.2. The van der Waals surface area contributed by atoms with Crippen LogP contribution < -0.4 is 5.73 Å². The third-order valence-electron chi connectivity index (χ3n) is 10.3. The minimum Gasteiger partial charge on any atom is -0.382 e. The van der Waals surface area contributed by atoms with Crippen molar-refractivity contribution in [3.63, 3.8) is 0 Å². The van der Waals surface area contributed by atoms with E-state index in [9.17, 15) is 24.2 Å². The van der Waals surface area contributed by atoms with Gasteiger partial charge in [0.25, 0.3) is 0 Å². The van der Waals surface area contributed by atoms with E-state index in [1.807, 2.05) is 6.07 Å². The maximum atomic E-state index is 14.1. The summed E-state index contributed by atoms with van der Waals surface area (Å²) in [6.07, 6.45) is 20.9. The van der Waals surface area contributed by atoms with Crippen LogP contribution in [0.5, 0.6) is 0 Å². The van der Waals surface area contributed by atoms with Crippen molar-refractivity contribution in [3.8, 4) is 6.07 Å². The molecule has 0 radical (unpaired) electrons. The maximum absolute atomic E-state index is 14.1. The molecule has 1 unspecified atom stereocenters. The summed E-state index contributed by atoms with van der Waals surface area (Å²) in [5.74, 6) is -0.311. The Hall–Kier alpha value is -2.99. The monoisotopic (exact) mass is 803 g/mol. The molecule has 4 atom stereocenters. The van der Waals surface area contributed by atoms with Crippen molar-refractivity contribution < 1.29 is 42.2 Å². The molecule has 56 heavy (non-hydrogen) atoms. The number of unbranched alkanes of at least 4 members (excludes halogenated alkanes) is 15. The Balaban J connectivity index is 1.16. The van der Waals surface area contributed by atoms with Crippen molar-refractivity contribution in [2.75, 3.05) is 38.8 Å². The third-order valence-corrected chi connectivity index (χ3v) is 11.2. The second-order valence-corrected chi connectivity index (χ2v) is 16.9. The number of phosphoric acid groups is 1. The van der Waals surface area contributed by atoms with Gasteiger partial charge in [-0.2, -0.15) is 10.4 Å². The Morgan fingerprint density at radius 2 is 1.62 bits per heavy atom.